The van der Waals surface area contributed by atoms with Crippen LogP contribution in [0.2, 0.25) is 0 Å². The van der Waals surface area contributed by atoms with Crippen molar-refractivity contribution in [1.29, 1.82) is 0 Å². The second kappa shape index (κ2) is 18.7. The van der Waals surface area contributed by atoms with E-state index in [9.17, 15) is 10.2 Å². The molecule has 2 amide bonds. The molecule has 13 heteroatoms. The van der Waals surface area contributed by atoms with Crippen LogP contribution in [0, 0.1) is 17.8 Å². The minimum absolute atomic E-state index is 0.0265. The van der Waals surface area contributed by atoms with Gasteiger partial charge in [-0.3, -0.25) is 24.2 Å². The second-order valence-corrected chi connectivity index (χ2v) is 19.1. The topological polar surface area (TPSA) is 150 Å². The van der Waals surface area contributed by atoms with E-state index in [0.717, 1.165) is 42.4 Å². The van der Waals surface area contributed by atoms with Crippen LogP contribution in [0.15, 0.2) is 121 Å². The van der Waals surface area contributed by atoms with E-state index in [2.05, 4.69) is 27.0 Å². The number of aliphatic hydroxyl groups is 2. The van der Waals surface area contributed by atoms with Crippen LogP contribution >= 0.6 is 0 Å². The highest BCUT2D eigenvalue weighted by Crippen LogP contribution is 2.66. The summed E-state index contributed by atoms with van der Waals surface area (Å²) in [5.74, 6) is 5.68. The van der Waals surface area contributed by atoms with Crippen molar-refractivity contribution < 1.29 is 43.5 Å². The van der Waals surface area contributed by atoms with E-state index in [1.165, 1.54) is 0 Å². The van der Waals surface area contributed by atoms with Gasteiger partial charge in [0.1, 0.15) is 35.5 Å². The second-order valence-electron chi connectivity index (χ2n) is 19.1. The van der Waals surface area contributed by atoms with E-state index in [0.29, 0.717) is 85.2 Å². The van der Waals surface area contributed by atoms with Gasteiger partial charge in [0.2, 0.25) is 18.6 Å². The number of para-hydroxylation sites is 1. The lowest BCUT2D eigenvalue weighted by Crippen LogP contribution is -2.58. The van der Waals surface area contributed by atoms with Gasteiger partial charge in [0.05, 0.1) is 24.6 Å². The fraction of sp³-hybridized carbons (Fsp3) is 0.375. The van der Waals surface area contributed by atoms with Crippen molar-refractivity contribution in [2.75, 3.05) is 51.5 Å². The summed E-state index contributed by atoms with van der Waals surface area (Å²) in [5, 5.41) is 25.0. The van der Waals surface area contributed by atoms with Gasteiger partial charge in [0.15, 0.2) is 11.5 Å². The van der Waals surface area contributed by atoms with E-state index in [-0.39, 0.29) is 25.9 Å². The molecule has 1 aliphatic carbocycles. The Bertz CT molecular complexity index is 2800. The molecule has 0 bridgehead atoms. The first-order chi connectivity index (χ1) is 33.8. The number of nitrogens with one attached hydrogen (secondary N) is 1. The van der Waals surface area contributed by atoms with E-state index in [4.69, 9.17) is 18.9 Å². The molecule has 69 heavy (non-hydrogen) atoms. The van der Waals surface area contributed by atoms with Crippen molar-refractivity contribution >= 4 is 23.5 Å². The molecule has 3 N–H and O–H groups in total. The van der Waals surface area contributed by atoms with Crippen molar-refractivity contribution in [3.05, 3.63) is 155 Å². The molecule has 3 saturated heterocycles. The van der Waals surface area contributed by atoms with E-state index < -0.39 is 53.0 Å². The maximum atomic E-state index is 16.2. The highest BCUT2D eigenvalue weighted by molar-refractivity contribution is 6.12. The molecule has 0 aromatic heterocycles. The maximum Gasteiger partial charge on any atom is 0.324 e. The zero-order valence-corrected chi connectivity index (χ0v) is 38.4. The molecule has 6 aliphatic rings. The fourth-order valence-electron chi connectivity index (χ4n) is 11.9. The quantitative estimate of drug-likeness (QED) is 0.0811. The number of ether oxygens (including phenoxy) is 4. The molecule has 5 aliphatic heterocycles. The Hall–Kier alpha value is -6.69. The van der Waals surface area contributed by atoms with Gasteiger partial charge in [0.25, 0.3) is 0 Å². The highest BCUT2D eigenvalue weighted by Gasteiger charge is 2.74. The summed E-state index contributed by atoms with van der Waals surface area (Å²) in [7, 11) is 0. The Balaban J connectivity index is 1.09. The monoisotopic (exact) mass is 928 g/mol. The zero-order chi connectivity index (χ0) is 47.1. The standard InChI is InChI=1S/C56H56N4O9/c61-31-32-66-44-18-10-9-17-41(44)51-56(42-33-37(19-21-43(42)57-54(56)64)23-26-55(65)24-11-1-2-12-25-55)47(52(62)59-29-27-58(28-30-59)35-38-20-22-45-46(34-38)68-36-67-45)49-53(63)69-50(40-15-7-4-8-16-40)48(60(49)51)39-13-5-3-6-14-39/h3-10,13-22,33-34,47-51,61,65H,1-2,11-12,24-25,27-32,35-36H2,(H,57,64)/t47-,48-,49-,50+,51+,56-/m0/s1. The summed E-state index contributed by atoms with van der Waals surface area (Å²) in [6.07, 6.45) is 4.17. The molecule has 6 atom stereocenters. The van der Waals surface area contributed by atoms with Gasteiger partial charge >= 0.3 is 5.97 Å². The van der Waals surface area contributed by atoms with Crippen molar-refractivity contribution in [3.63, 3.8) is 0 Å². The van der Waals surface area contributed by atoms with Crippen LogP contribution in [0.1, 0.15) is 90.1 Å². The minimum atomic E-state index is -1.76. The number of rotatable bonds is 9. The molecule has 0 unspecified atom stereocenters. The normalized spacial score (nSPS) is 26.0. The number of nitrogens with zero attached hydrogens (tertiary/aromatic N) is 3. The van der Waals surface area contributed by atoms with Gasteiger partial charge in [-0.25, -0.2) is 0 Å². The Labute approximate surface area is 401 Å². The van der Waals surface area contributed by atoms with Crippen LogP contribution in [0.3, 0.4) is 0 Å². The van der Waals surface area contributed by atoms with Gasteiger partial charge in [-0.1, -0.05) is 110 Å². The van der Waals surface area contributed by atoms with Crippen molar-refractivity contribution in [3.8, 4) is 29.1 Å². The number of anilines is 1. The average Bonchev–Trinajstić information content (AvgIpc) is 4.01. The highest BCUT2D eigenvalue weighted by atomic mass is 16.7. The Morgan fingerprint density at radius 3 is 2.25 bits per heavy atom. The number of piperazine rings is 1. The number of cyclic esters (lactones) is 1. The number of hydrogen-bond donors (Lipinski definition) is 3. The van der Waals surface area contributed by atoms with Crippen LogP contribution in [0.5, 0.6) is 17.2 Å². The largest absolute Gasteiger partial charge is 0.491 e. The predicted molar refractivity (Wildman–Crippen MR) is 256 cm³/mol. The number of aliphatic hydroxyl groups excluding tert-OH is 1. The molecule has 1 saturated carbocycles. The summed E-state index contributed by atoms with van der Waals surface area (Å²) in [6.45, 7) is 2.35. The molecule has 5 aromatic carbocycles. The Morgan fingerprint density at radius 1 is 0.783 bits per heavy atom. The molecular formula is C56H56N4O9. The van der Waals surface area contributed by atoms with Gasteiger partial charge < -0.3 is 39.4 Å². The van der Waals surface area contributed by atoms with Crippen LogP contribution in [-0.4, -0.2) is 101 Å². The number of carbonyl (C=O) groups is 3. The summed E-state index contributed by atoms with van der Waals surface area (Å²) in [6, 6.07) is 35.4. The first-order valence-electron chi connectivity index (χ1n) is 24.3. The lowest BCUT2D eigenvalue weighted by atomic mass is 9.64. The SMILES string of the molecule is O=C1O[C@H](c2ccccc2)[C@H](c2ccccc2)N2[C@H]1[C@@H](C(=O)N1CCN(Cc3ccc4c(c3)OCO4)CC1)[C@]1(C(=O)Nc3ccc(C#CC4(O)CCCCCC4)cc31)[C@H]2c1ccccc1OCCO. The zero-order valence-electron chi connectivity index (χ0n) is 38.4. The lowest BCUT2D eigenvalue weighted by Gasteiger charge is -2.46. The van der Waals surface area contributed by atoms with E-state index in [1.807, 2.05) is 120 Å². The van der Waals surface area contributed by atoms with Crippen LogP contribution < -0.4 is 19.5 Å². The number of amides is 2. The Kier molecular flexibility index (Phi) is 12.1. The number of esters is 1. The molecule has 13 nitrogen and oxygen atoms in total. The molecule has 5 aromatic rings. The number of morpholine rings is 1. The summed E-state index contributed by atoms with van der Waals surface area (Å²) >= 11 is 0. The first kappa shape index (κ1) is 44.8. The van der Waals surface area contributed by atoms with Crippen LogP contribution in [0.4, 0.5) is 5.69 Å². The fourth-order valence-corrected chi connectivity index (χ4v) is 11.9. The van der Waals surface area contributed by atoms with Gasteiger partial charge in [-0.05, 0) is 84.3 Å². The lowest BCUT2D eigenvalue weighted by molar-refractivity contribution is -0.179. The van der Waals surface area contributed by atoms with Crippen molar-refractivity contribution in [2.45, 2.75) is 80.3 Å². The van der Waals surface area contributed by atoms with Gasteiger partial charge in [-0.2, -0.15) is 0 Å². The van der Waals surface area contributed by atoms with Crippen LogP contribution in [0.25, 0.3) is 0 Å². The third-order valence-corrected chi connectivity index (χ3v) is 15.0. The van der Waals surface area contributed by atoms with E-state index in [1.54, 1.807) is 6.07 Å². The average molecular weight is 929 g/mol. The third-order valence-electron chi connectivity index (χ3n) is 15.0. The summed E-state index contributed by atoms with van der Waals surface area (Å²) in [5.41, 5.74) is 1.93. The molecule has 4 fully saturated rings. The van der Waals surface area contributed by atoms with Gasteiger partial charge in [0, 0.05) is 49.5 Å². The van der Waals surface area contributed by atoms with Crippen molar-refractivity contribution in [1.82, 2.24) is 14.7 Å². The molecule has 11 rings (SSSR count). The minimum Gasteiger partial charge on any atom is -0.491 e. The molecule has 354 valence electrons. The number of hydrogen-bond acceptors (Lipinski definition) is 11. The third kappa shape index (κ3) is 8.09. The number of fused-ring (bicyclic) bond motifs is 4. The maximum absolute atomic E-state index is 16.2. The van der Waals surface area contributed by atoms with Gasteiger partial charge in [-0.15, -0.1) is 0 Å². The first-order valence-corrected chi connectivity index (χ1v) is 24.3. The number of benzene rings is 5. The summed E-state index contributed by atoms with van der Waals surface area (Å²) < 4.78 is 24.2. The molecule has 1 spiro atoms. The predicted octanol–water partition coefficient (Wildman–Crippen LogP) is 6.84. The molecular weight excluding hydrogens is 873 g/mol. The molecule has 0 radical (unpaired) electrons. The van der Waals surface area contributed by atoms with Crippen LogP contribution in [-0.2, 0) is 31.1 Å². The van der Waals surface area contributed by atoms with Crippen molar-refractivity contribution in [2.24, 2.45) is 5.92 Å². The smallest absolute Gasteiger partial charge is 0.324 e. The Morgan fingerprint density at radius 2 is 1.49 bits per heavy atom. The number of carbonyl (C=O) groups excluding carboxylic acids is 3. The van der Waals surface area contributed by atoms with E-state index >= 15 is 14.4 Å². The molecule has 5 heterocycles. The summed E-state index contributed by atoms with van der Waals surface area (Å²) in [4.78, 5) is 53.7.